The third-order valence-corrected chi connectivity index (χ3v) is 6.21. The number of aliphatic imine (C=N–C) groups is 1. The first-order chi connectivity index (χ1) is 16.5. The van der Waals surface area contributed by atoms with Gasteiger partial charge in [0.1, 0.15) is 6.34 Å². The van der Waals surface area contributed by atoms with Crippen LogP contribution in [-0.2, 0) is 14.8 Å². The predicted molar refractivity (Wildman–Crippen MR) is 120 cm³/mol. The number of hydrogen-bond acceptors (Lipinski definition) is 5. The molecule has 0 aliphatic rings. The van der Waals surface area contributed by atoms with Crippen molar-refractivity contribution >= 4 is 33.7 Å². The quantitative estimate of drug-likeness (QED) is 0.0865. The van der Waals surface area contributed by atoms with Crippen molar-refractivity contribution in [3.8, 4) is 0 Å². The molecule has 0 aliphatic carbocycles. The van der Waals surface area contributed by atoms with Gasteiger partial charge in [-0.25, -0.2) is 36.8 Å². The fraction of sp³-hybridized carbons (Fsp3) is 0.0909. The van der Waals surface area contributed by atoms with Gasteiger partial charge in [0.2, 0.25) is 0 Å². The predicted octanol–water partition coefficient (Wildman–Crippen LogP) is 3.77. The number of benzene rings is 3. The Labute approximate surface area is 197 Å². The van der Waals surface area contributed by atoms with E-state index in [2.05, 4.69) is 15.1 Å². The lowest BCUT2D eigenvalue weighted by Crippen LogP contribution is -2.18. The third-order valence-electron chi connectivity index (χ3n) is 4.83. The van der Waals surface area contributed by atoms with Crippen molar-refractivity contribution < 1.29 is 35.9 Å². The number of hydrazine groups is 1. The smallest absolute Gasteiger partial charge is 0.304 e. The van der Waals surface area contributed by atoms with Crippen molar-refractivity contribution in [1.82, 2.24) is 5.43 Å². The number of hydrogen-bond donors (Lipinski definition) is 4. The molecule has 35 heavy (non-hydrogen) atoms. The molecule has 8 nitrogen and oxygen atoms in total. The van der Waals surface area contributed by atoms with Gasteiger partial charge >= 0.3 is 5.97 Å². The van der Waals surface area contributed by atoms with Crippen LogP contribution in [0.2, 0.25) is 0 Å². The van der Waals surface area contributed by atoms with Crippen molar-refractivity contribution in [3.05, 3.63) is 89.0 Å². The molecule has 0 aliphatic heterocycles. The third kappa shape index (κ3) is 5.94. The Balaban J connectivity index is 2.02. The summed E-state index contributed by atoms with van der Waals surface area (Å²) in [6.07, 6.45) is 0.209. The molecule has 0 amide bonds. The molecule has 3 aromatic carbocycles. The minimum absolute atomic E-state index is 0.0122. The maximum absolute atomic E-state index is 14.4. The Kier molecular flexibility index (Phi) is 7.71. The van der Waals surface area contributed by atoms with Crippen LogP contribution in [0.3, 0.4) is 0 Å². The maximum atomic E-state index is 14.4. The second kappa shape index (κ2) is 10.5. The summed E-state index contributed by atoms with van der Waals surface area (Å²) in [7, 11) is -4.18. The van der Waals surface area contributed by atoms with E-state index >= 15 is 0 Å². The number of nitrogens with one attached hydrogen (secondary N) is 2. The highest BCUT2D eigenvalue weighted by Crippen LogP contribution is 2.35. The van der Waals surface area contributed by atoms with Crippen molar-refractivity contribution in [2.24, 2.45) is 10.8 Å². The van der Waals surface area contributed by atoms with Crippen LogP contribution >= 0.6 is 0 Å². The molecule has 3 aromatic rings. The molecule has 0 spiro atoms. The van der Waals surface area contributed by atoms with Gasteiger partial charge in [0.25, 0.3) is 10.0 Å². The maximum Gasteiger partial charge on any atom is 0.304 e. The van der Waals surface area contributed by atoms with E-state index in [9.17, 15) is 35.9 Å². The van der Waals surface area contributed by atoms with Gasteiger partial charge in [-0.15, -0.1) is 0 Å². The topological polar surface area (TPSA) is 134 Å². The van der Waals surface area contributed by atoms with Crippen LogP contribution in [0.25, 0.3) is 0 Å². The summed E-state index contributed by atoms with van der Waals surface area (Å²) in [5.41, 5.74) is 1.13. The molecule has 0 bridgehead atoms. The van der Waals surface area contributed by atoms with Crippen molar-refractivity contribution in [2.75, 3.05) is 4.72 Å². The van der Waals surface area contributed by atoms with Crippen LogP contribution < -0.4 is 16.0 Å². The van der Waals surface area contributed by atoms with Gasteiger partial charge in [0.05, 0.1) is 17.0 Å². The first kappa shape index (κ1) is 25.6. The molecule has 0 fully saturated rings. The van der Waals surface area contributed by atoms with Crippen LogP contribution in [0.15, 0.2) is 64.5 Å². The van der Waals surface area contributed by atoms with E-state index in [-0.39, 0.29) is 27.9 Å². The Morgan fingerprint density at radius 1 is 1.03 bits per heavy atom. The van der Waals surface area contributed by atoms with E-state index in [0.717, 1.165) is 12.4 Å². The summed E-state index contributed by atoms with van der Waals surface area (Å²) in [6, 6.07) is 10.5. The molecule has 1 unspecified atom stereocenters. The zero-order valence-electron chi connectivity index (χ0n) is 17.7. The largest absolute Gasteiger partial charge is 0.481 e. The van der Waals surface area contributed by atoms with Gasteiger partial charge in [-0.05, 0) is 35.9 Å². The van der Waals surface area contributed by atoms with Crippen LogP contribution in [0.5, 0.6) is 0 Å². The number of carboxylic acids is 1. The zero-order chi connectivity index (χ0) is 25.8. The Morgan fingerprint density at radius 2 is 1.69 bits per heavy atom. The summed E-state index contributed by atoms with van der Waals surface area (Å²) in [5, 5.41) is 9.25. The Bertz CT molecular complexity index is 1370. The van der Waals surface area contributed by atoms with Crippen LogP contribution in [0, 0.1) is 23.3 Å². The monoisotopic (exact) mass is 510 g/mol. The number of anilines is 1. The highest BCUT2D eigenvalue weighted by molar-refractivity contribution is 7.92. The molecule has 3 rings (SSSR count). The average Bonchev–Trinajstić information content (AvgIpc) is 2.81. The normalized spacial score (nSPS) is 12.5. The van der Waals surface area contributed by atoms with Crippen LogP contribution in [0.1, 0.15) is 23.5 Å². The summed E-state index contributed by atoms with van der Waals surface area (Å²) < 4.78 is 84.4. The van der Waals surface area contributed by atoms with Crippen LogP contribution in [-0.4, -0.2) is 25.8 Å². The molecular weight excluding hydrogens is 492 g/mol. The SMILES string of the molecule is NNC=Nc1cccc(S(=O)(=O)Nc2cccc(C(CC(=O)O)c3c(F)c(F)cc(F)c3F)c2)c1. The Morgan fingerprint density at radius 3 is 2.31 bits per heavy atom. The van der Waals surface area contributed by atoms with Gasteiger partial charge in [-0.1, -0.05) is 18.2 Å². The number of carbonyl (C=O) groups is 1. The number of nitrogens with two attached hydrogens (primary N) is 1. The van der Waals surface area contributed by atoms with Crippen molar-refractivity contribution in [2.45, 2.75) is 17.2 Å². The zero-order valence-corrected chi connectivity index (χ0v) is 18.5. The Hall–Kier alpha value is -3.97. The average molecular weight is 510 g/mol. The number of sulfonamides is 1. The lowest BCUT2D eigenvalue weighted by molar-refractivity contribution is -0.137. The summed E-state index contributed by atoms with van der Waals surface area (Å²) in [6.45, 7) is 0. The lowest BCUT2D eigenvalue weighted by atomic mass is 9.87. The van der Waals surface area contributed by atoms with E-state index in [1.54, 1.807) is 0 Å². The van der Waals surface area contributed by atoms with E-state index in [1.165, 1.54) is 42.5 Å². The number of nitrogens with zero attached hydrogens (tertiary/aromatic N) is 1. The number of halogens is 4. The molecule has 184 valence electrons. The molecule has 0 saturated carbocycles. The first-order valence-electron chi connectivity index (χ1n) is 9.79. The highest BCUT2D eigenvalue weighted by atomic mass is 32.2. The van der Waals surface area contributed by atoms with Crippen LogP contribution in [0.4, 0.5) is 28.9 Å². The van der Waals surface area contributed by atoms with E-state index in [0.29, 0.717) is 0 Å². The lowest BCUT2D eigenvalue weighted by Gasteiger charge is -2.19. The summed E-state index contributed by atoms with van der Waals surface area (Å²) >= 11 is 0. The summed E-state index contributed by atoms with van der Waals surface area (Å²) in [5.74, 6) is -4.96. The van der Waals surface area contributed by atoms with Gasteiger partial charge in [-0.3, -0.25) is 9.52 Å². The molecule has 1 atom stereocenters. The molecular formula is C22H18F4N4O4S. The summed E-state index contributed by atoms with van der Waals surface area (Å²) in [4.78, 5) is 15.1. The van der Waals surface area contributed by atoms with E-state index < -0.39 is 57.2 Å². The van der Waals surface area contributed by atoms with E-state index in [1.807, 2.05) is 0 Å². The van der Waals surface area contributed by atoms with E-state index in [4.69, 9.17) is 5.84 Å². The number of aliphatic carboxylic acids is 1. The second-order valence-electron chi connectivity index (χ2n) is 7.19. The number of carboxylic acid groups (broad SMARTS) is 1. The highest BCUT2D eigenvalue weighted by Gasteiger charge is 2.29. The first-order valence-corrected chi connectivity index (χ1v) is 11.3. The standard InChI is InChI=1S/C22H18F4N4O4S/c23-17-10-18(24)22(26)20(21(17)25)16(9-19(31)32)12-3-1-5-14(7-12)30-35(33,34)15-6-2-4-13(8-15)28-11-29-27/h1-8,10-11,16,30H,9,27H2,(H,28,29)(H,31,32). The fourth-order valence-corrected chi connectivity index (χ4v) is 4.42. The van der Waals surface area contributed by atoms with Gasteiger partial charge in [0.15, 0.2) is 23.3 Å². The minimum atomic E-state index is -4.18. The molecule has 13 heteroatoms. The minimum Gasteiger partial charge on any atom is -0.481 e. The van der Waals surface area contributed by atoms with Gasteiger partial charge in [-0.2, -0.15) is 0 Å². The fourth-order valence-electron chi connectivity index (χ4n) is 3.33. The molecule has 5 N–H and O–H groups in total. The number of rotatable bonds is 9. The second-order valence-corrected chi connectivity index (χ2v) is 8.87. The molecule has 0 heterocycles. The van der Waals surface area contributed by atoms with Gasteiger partial charge in [0, 0.05) is 23.2 Å². The molecule has 0 aromatic heterocycles. The van der Waals surface area contributed by atoms with Gasteiger partial charge < -0.3 is 10.5 Å². The van der Waals surface area contributed by atoms with Crippen molar-refractivity contribution in [1.29, 1.82) is 0 Å². The van der Waals surface area contributed by atoms with Crippen molar-refractivity contribution in [3.63, 3.8) is 0 Å². The molecule has 0 radical (unpaired) electrons. The molecule has 0 saturated heterocycles.